The molecule has 0 heterocycles. The zero-order chi connectivity index (χ0) is 28.8. The highest BCUT2D eigenvalue weighted by molar-refractivity contribution is 7.92. The number of nitrogens with one attached hydrogen (secondary N) is 2. The zero-order valence-electron chi connectivity index (χ0n) is 21.9. The number of carbonyl (C=O) groups is 1. The summed E-state index contributed by atoms with van der Waals surface area (Å²) in [4.78, 5) is 12.8. The summed E-state index contributed by atoms with van der Waals surface area (Å²) in [6, 6.07) is 28.5. The van der Waals surface area contributed by atoms with Crippen LogP contribution in [0.4, 0.5) is 17.1 Å². The van der Waals surface area contributed by atoms with E-state index in [1.165, 1.54) is 24.3 Å². The van der Waals surface area contributed by atoms with Crippen LogP contribution in [0, 0.1) is 6.92 Å². The van der Waals surface area contributed by atoms with Gasteiger partial charge in [0.15, 0.2) is 0 Å². The van der Waals surface area contributed by atoms with Gasteiger partial charge in [-0.3, -0.25) is 13.8 Å². The number of nitrogens with zero attached hydrogens (tertiary/aromatic N) is 1. The molecule has 40 heavy (non-hydrogen) atoms. The molecule has 2 N–H and O–H groups in total. The molecular weight excluding hydrogens is 550 g/mol. The molecule has 1 amide bonds. The Labute approximate surface area is 234 Å². The van der Waals surface area contributed by atoms with E-state index in [0.29, 0.717) is 29.4 Å². The predicted molar refractivity (Wildman–Crippen MR) is 156 cm³/mol. The van der Waals surface area contributed by atoms with Gasteiger partial charge in [-0.1, -0.05) is 48.0 Å². The van der Waals surface area contributed by atoms with Crippen LogP contribution in [0.3, 0.4) is 0 Å². The normalized spacial score (nSPS) is 11.4. The van der Waals surface area contributed by atoms with Crippen LogP contribution < -0.4 is 19.1 Å². The van der Waals surface area contributed by atoms with E-state index in [4.69, 9.17) is 4.74 Å². The van der Waals surface area contributed by atoms with Crippen molar-refractivity contribution < 1.29 is 26.4 Å². The molecule has 4 aromatic rings. The van der Waals surface area contributed by atoms with E-state index in [9.17, 15) is 21.6 Å². The maximum atomic E-state index is 12.7. The van der Waals surface area contributed by atoms with Crippen molar-refractivity contribution in [2.75, 3.05) is 27.1 Å². The average molecular weight is 580 g/mol. The first-order valence-corrected chi connectivity index (χ1v) is 15.6. The molecule has 0 atom stereocenters. The van der Waals surface area contributed by atoms with Crippen molar-refractivity contribution in [3.8, 4) is 5.75 Å². The van der Waals surface area contributed by atoms with Crippen molar-refractivity contribution in [2.45, 2.75) is 18.4 Å². The molecule has 0 saturated heterocycles. The molecule has 0 saturated carbocycles. The number of ether oxygens (including phenoxy) is 1. The van der Waals surface area contributed by atoms with E-state index in [-0.39, 0.29) is 4.90 Å². The molecule has 0 aliphatic rings. The highest BCUT2D eigenvalue weighted by Crippen LogP contribution is 2.23. The molecule has 208 valence electrons. The summed E-state index contributed by atoms with van der Waals surface area (Å²) in [5.74, 6) is -0.0411. The summed E-state index contributed by atoms with van der Waals surface area (Å²) in [5.41, 5.74) is 3.04. The SMILES string of the molecule is Cc1ccc(NS(=O)(=O)c2ccc(NC(=O)CN(c3ccc(OCc4ccccc4)cc3)S(C)(=O)=O)cc2)cc1. The highest BCUT2D eigenvalue weighted by atomic mass is 32.2. The Morgan fingerprint density at radius 1 is 0.775 bits per heavy atom. The van der Waals surface area contributed by atoms with Crippen LogP contribution in [0.5, 0.6) is 5.75 Å². The number of rotatable bonds is 11. The summed E-state index contributed by atoms with van der Waals surface area (Å²) in [7, 11) is -7.62. The van der Waals surface area contributed by atoms with Crippen molar-refractivity contribution in [3.63, 3.8) is 0 Å². The summed E-state index contributed by atoms with van der Waals surface area (Å²) in [6.07, 6.45) is 1.01. The van der Waals surface area contributed by atoms with Gasteiger partial charge in [0, 0.05) is 11.4 Å². The van der Waals surface area contributed by atoms with Gasteiger partial charge in [-0.25, -0.2) is 16.8 Å². The highest BCUT2D eigenvalue weighted by Gasteiger charge is 2.21. The first kappa shape index (κ1) is 28.7. The van der Waals surface area contributed by atoms with E-state index in [0.717, 1.165) is 21.7 Å². The number of benzene rings is 4. The van der Waals surface area contributed by atoms with Gasteiger partial charge in [0.25, 0.3) is 10.0 Å². The van der Waals surface area contributed by atoms with Crippen LogP contribution >= 0.6 is 0 Å². The molecule has 0 fully saturated rings. The van der Waals surface area contributed by atoms with Gasteiger partial charge >= 0.3 is 0 Å². The first-order chi connectivity index (χ1) is 19.0. The van der Waals surface area contributed by atoms with Crippen molar-refractivity contribution in [1.29, 1.82) is 0 Å². The number of sulfonamides is 2. The minimum atomic E-state index is -3.83. The smallest absolute Gasteiger partial charge is 0.261 e. The Bertz CT molecular complexity index is 1660. The Balaban J connectivity index is 1.38. The first-order valence-electron chi connectivity index (χ1n) is 12.2. The zero-order valence-corrected chi connectivity index (χ0v) is 23.6. The second-order valence-corrected chi connectivity index (χ2v) is 12.7. The largest absolute Gasteiger partial charge is 0.489 e. The molecule has 0 radical (unpaired) electrons. The fraction of sp³-hybridized carbons (Fsp3) is 0.138. The maximum Gasteiger partial charge on any atom is 0.261 e. The van der Waals surface area contributed by atoms with Crippen molar-refractivity contribution in [1.82, 2.24) is 0 Å². The lowest BCUT2D eigenvalue weighted by Gasteiger charge is -2.22. The molecule has 0 spiro atoms. The van der Waals surface area contributed by atoms with Crippen LogP contribution in [-0.4, -0.2) is 35.5 Å². The summed E-state index contributed by atoms with van der Waals surface area (Å²) in [5, 5.41) is 2.61. The standard InChI is InChI=1S/C29H29N3O6S2/c1-22-8-10-25(11-9-22)31-40(36,37)28-18-12-24(13-19-28)30-29(33)20-32(39(2,34)35)26-14-16-27(17-15-26)38-21-23-6-4-3-5-7-23/h3-19,31H,20-21H2,1-2H3,(H,30,33). The average Bonchev–Trinajstić information content (AvgIpc) is 2.92. The van der Waals surface area contributed by atoms with Gasteiger partial charge < -0.3 is 10.1 Å². The van der Waals surface area contributed by atoms with Crippen LogP contribution in [0.1, 0.15) is 11.1 Å². The van der Waals surface area contributed by atoms with Gasteiger partial charge in [-0.05, 0) is 73.2 Å². The number of aryl methyl sites for hydroxylation is 1. The molecular formula is C29H29N3O6S2. The van der Waals surface area contributed by atoms with Gasteiger partial charge in [-0.2, -0.15) is 0 Å². The number of hydrogen-bond acceptors (Lipinski definition) is 6. The molecule has 0 bridgehead atoms. The van der Waals surface area contributed by atoms with Crippen LogP contribution in [0.25, 0.3) is 0 Å². The van der Waals surface area contributed by atoms with Gasteiger partial charge in [0.1, 0.15) is 18.9 Å². The quantitative estimate of drug-likeness (QED) is 0.264. The summed E-state index contributed by atoms with van der Waals surface area (Å²) >= 11 is 0. The molecule has 0 aliphatic carbocycles. The van der Waals surface area contributed by atoms with E-state index in [2.05, 4.69) is 10.0 Å². The van der Waals surface area contributed by atoms with Crippen LogP contribution in [0.2, 0.25) is 0 Å². The van der Waals surface area contributed by atoms with Gasteiger partial charge in [0.05, 0.1) is 16.8 Å². The number of carbonyl (C=O) groups excluding carboxylic acids is 1. The molecule has 0 aromatic heterocycles. The van der Waals surface area contributed by atoms with Crippen LogP contribution in [-0.2, 0) is 31.4 Å². The minimum Gasteiger partial charge on any atom is -0.489 e. The third-order valence-electron chi connectivity index (χ3n) is 5.81. The molecule has 4 aromatic carbocycles. The predicted octanol–water partition coefficient (Wildman–Crippen LogP) is 4.78. The summed E-state index contributed by atoms with van der Waals surface area (Å²) < 4.78 is 59.6. The molecule has 0 aliphatic heterocycles. The van der Waals surface area contributed by atoms with Crippen molar-refractivity contribution >= 4 is 43.0 Å². The Hall–Kier alpha value is -4.35. The fourth-order valence-electron chi connectivity index (χ4n) is 3.73. The van der Waals surface area contributed by atoms with Gasteiger partial charge in [-0.15, -0.1) is 0 Å². The van der Waals surface area contributed by atoms with Crippen molar-refractivity contribution in [2.24, 2.45) is 0 Å². The monoisotopic (exact) mass is 579 g/mol. The number of hydrogen-bond donors (Lipinski definition) is 2. The maximum absolute atomic E-state index is 12.7. The van der Waals surface area contributed by atoms with Crippen molar-refractivity contribution in [3.05, 3.63) is 114 Å². The second-order valence-electron chi connectivity index (χ2n) is 9.08. The van der Waals surface area contributed by atoms with E-state index in [1.807, 2.05) is 37.3 Å². The molecule has 9 nitrogen and oxygen atoms in total. The Kier molecular flexibility index (Phi) is 8.76. The van der Waals surface area contributed by atoms with Crippen LogP contribution in [0.15, 0.2) is 108 Å². The number of amides is 1. The molecule has 4 rings (SSSR count). The molecule has 11 heteroatoms. The van der Waals surface area contributed by atoms with E-state index < -0.39 is 32.5 Å². The summed E-state index contributed by atoms with van der Waals surface area (Å²) in [6.45, 7) is 1.79. The lowest BCUT2D eigenvalue weighted by molar-refractivity contribution is -0.114. The lowest BCUT2D eigenvalue weighted by atomic mass is 10.2. The second kappa shape index (κ2) is 12.2. The Morgan fingerprint density at radius 2 is 1.38 bits per heavy atom. The van der Waals surface area contributed by atoms with E-state index in [1.54, 1.807) is 48.5 Å². The fourth-order valence-corrected chi connectivity index (χ4v) is 5.65. The van der Waals surface area contributed by atoms with E-state index >= 15 is 0 Å². The van der Waals surface area contributed by atoms with Gasteiger partial charge in [0.2, 0.25) is 15.9 Å². The third-order valence-corrected chi connectivity index (χ3v) is 8.35. The lowest BCUT2D eigenvalue weighted by Crippen LogP contribution is -2.37. The minimum absolute atomic E-state index is 0.0124. The topological polar surface area (TPSA) is 122 Å². The Morgan fingerprint density at radius 3 is 1.98 bits per heavy atom. The molecule has 0 unspecified atom stereocenters. The third kappa shape index (κ3) is 7.84. The number of anilines is 3.